The number of aromatic nitrogens is 3. The number of rotatable bonds is 8. The number of aliphatic hydroxyl groups excluding tert-OH is 1. The van der Waals surface area contributed by atoms with Crippen molar-refractivity contribution in [2.75, 3.05) is 13.2 Å². The van der Waals surface area contributed by atoms with Gasteiger partial charge in [-0.25, -0.2) is 9.67 Å². The zero-order valence-electron chi connectivity index (χ0n) is 9.32. The summed E-state index contributed by atoms with van der Waals surface area (Å²) in [5.74, 6) is 0.986. The highest BCUT2D eigenvalue weighted by Crippen LogP contribution is 1.95. The quantitative estimate of drug-likeness (QED) is 0.618. The highest BCUT2D eigenvalue weighted by atomic mass is 16.2. The first-order valence-electron chi connectivity index (χ1n) is 5.56. The van der Waals surface area contributed by atoms with Gasteiger partial charge in [0.25, 0.3) is 0 Å². The molecule has 0 fully saturated rings. The average molecular weight is 212 g/mol. The van der Waals surface area contributed by atoms with E-state index in [9.17, 15) is 0 Å². The SMILES string of the molecule is CCn1ncnc1CNCCCCCO. The lowest BCUT2D eigenvalue weighted by Crippen LogP contribution is -2.18. The van der Waals surface area contributed by atoms with Gasteiger partial charge in [0.2, 0.25) is 0 Å². The normalized spacial score (nSPS) is 10.8. The van der Waals surface area contributed by atoms with Crippen LogP contribution in [0.4, 0.5) is 0 Å². The van der Waals surface area contributed by atoms with Crippen LogP contribution >= 0.6 is 0 Å². The summed E-state index contributed by atoms with van der Waals surface area (Å²) in [5.41, 5.74) is 0. The van der Waals surface area contributed by atoms with Gasteiger partial charge in [-0.05, 0) is 32.7 Å². The Kier molecular flexibility index (Phi) is 5.96. The molecule has 5 heteroatoms. The first kappa shape index (κ1) is 12.1. The minimum atomic E-state index is 0.296. The van der Waals surface area contributed by atoms with Crippen molar-refractivity contribution < 1.29 is 5.11 Å². The summed E-state index contributed by atoms with van der Waals surface area (Å²) in [6.07, 6.45) is 4.66. The Morgan fingerprint density at radius 1 is 1.40 bits per heavy atom. The molecule has 0 saturated heterocycles. The maximum atomic E-state index is 8.60. The summed E-state index contributed by atoms with van der Waals surface area (Å²) in [5, 5.41) is 16.0. The lowest BCUT2D eigenvalue weighted by atomic mass is 10.2. The Morgan fingerprint density at radius 2 is 2.27 bits per heavy atom. The Hall–Kier alpha value is -0.940. The number of aliphatic hydroxyl groups is 1. The highest BCUT2D eigenvalue weighted by Gasteiger charge is 2.00. The Balaban J connectivity index is 2.09. The van der Waals surface area contributed by atoms with Gasteiger partial charge in [0.15, 0.2) is 0 Å². The van der Waals surface area contributed by atoms with Crippen molar-refractivity contribution in [1.82, 2.24) is 20.1 Å². The molecule has 1 heterocycles. The van der Waals surface area contributed by atoms with Crippen molar-refractivity contribution >= 4 is 0 Å². The third kappa shape index (κ3) is 4.40. The molecular formula is C10H20N4O. The largest absolute Gasteiger partial charge is 0.396 e. The van der Waals surface area contributed by atoms with Crippen LogP contribution < -0.4 is 5.32 Å². The minimum absolute atomic E-state index is 0.296. The van der Waals surface area contributed by atoms with E-state index in [2.05, 4.69) is 22.3 Å². The molecule has 15 heavy (non-hydrogen) atoms. The fraction of sp³-hybridized carbons (Fsp3) is 0.800. The average Bonchev–Trinajstić information content (AvgIpc) is 2.70. The second-order valence-corrected chi connectivity index (χ2v) is 3.45. The van der Waals surface area contributed by atoms with Gasteiger partial charge in [0, 0.05) is 13.2 Å². The van der Waals surface area contributed by atoms with Crippen LogP contribution in [0.3, 0.4) is 0 Å². The zero-order valence-corrected chi connectivity index (χ0v) is 9.32. The molecule has 1 aromatic rings. The molecule has 0 aromatic carbocycles. The molecule has 0 aliphatic carbocycles. The molecule has 1 aromatic heterocycles. The van der Waals surface area contributed by atoms with Crippen LogP contribution in [-0.2, 0) is 13.1 Å². The molecule has 0 aliphatic heterocycles. The predicted octanol–water partition coefficient (Wildman–Crippen LogP) is 0.550. The van der Waals surface area contributed by atoms with E-state index in [0.29, 0.717) is 6.61 Å². The zero-order chi connectivity index (χ0) is 10.9. The molecule has 0 atom stereocenters. The van der Waals surface area contributed by atoms with Crippen LogP contribution in [-0.4, -0.2) is 33.0 Å². The fourth-order valence-electron chi connectivity index (χ4n) is 1.43. The number of nitrogens with zero attached hydrogens (tertiary/aromatic N) is 3. The Bertz CT molecular complexity index is 262. The molecule has 5 nitrogen and oxygen atoms in total. The number of hydrogen-bond donors (Lipinski definition) is 2. The minimum Gasteiger partial charge on any atom is -0.396 e. The van der Waals surface area contributed by atoms with E-state index < -0.39 is 0 Å². The van der Waals surface area contributed by atoms with Crippen molar-refractivity contribution in [2.45, 2.75) is 39.3 Å². The summed E-state index contributed by atoms with van der Waals surface area (Å²) in [4.78, 5) is 4.17. The smallest absolute Gasteiger partial charge is 0.140 e. The third-order valence-corrected chi connectivity index (χ3v) is 2.29. The first-order valence-corrected chi connectivity index (χ1v) is 5.56. The van der Waals surface area contributed by atoms with Crippen LogP contribution in [0.1, 0.15) is 32.0 Å². The molecule has 0 spiro atoms. The molecule has 0 amide bonds. The third-order valence-electron chi connectivity index (χ3n) is 2.29. The molecule has 86 valence electrons. The lowest BCUT2D eigenvalue weighted by molar-refractivity contribution is 0.282. The van der Waals surface area contributed by atoms with E-state index >= 15 is 0 Å². The summed E-state index contributed by atoms with van der Waals surface area (Å²) in [6.45, 7) is 4.95. The topological polar surface area (TPSA) is 63.0 Å². The van der Waals surface area contributed by atoms with E-state index in [0.717, 1.165) is 44.7 Å². The molecular weight excluding hydrogens is 192 g/mol. The Morgan fingerprint density at radius 3 is 3.00 bits per heavy atom. The molecule has 0 bridgehead atoms. The van der Waals surface area contributed by atoms with Crippen molar-refractivity contribution in [3.05, 3.63) is 12.2 Å². The van der Waals surface area contributed by atoms with Gasteiger partial charge in [0.1, 0.15) is 12.2 Å². The van der Waals surface area contributed by atoms with Gasteiger partial charge in [-0.1, -0.05) is 0 Å². The molecule has 0 saturated carbocycles. The summed E-state index contributed by atoms with van der Waals surface area (Å²) < 4.78 is 1.89. The second kappa shape index (κ2) is 7.36. The highest BCUT2D eigenvalue weighted by molar-refractivity contribution is 4.83. The van der Waals surface area contributed by atoms with E-state index in [1.54, 1.807) is 6.33 Å². The van der Waals surface area contributed by atoms with Crippen LogP contribution in [0.15, 0.2) is 6.33 Å². The van der Waals surface area contributed by atoms with Crippen LogP contribution in [0.5, 0.6) is 0 Å². The van der Waals surface area contributed by atoms with Crippen LogP contribution in [0, 0.1) is 0 Å². The summed E-state index contributed by atoms with van der Waals surface area (Å²) in [7, 11) is 0. The van der Waals surface area contributed by atoms with Crippen LogP contribution in [0.25, 0.3) is 0 Å². The lowest BCUT2D eigenvalue weighted by Gasteiger charge is -2.04. The van der Waals surface area contributed by atoms with Gasteiger partial charge in [-0.15, -0.1) is 0 Å². The summed E-state index contributed by atoms with van der Waals surface area (Å²) in [6, 6.07) is 0. The van der Waals surface area contributed by atoms with Gasteiger partial charge in [-0.2, -0.15) is 5.10 Å². The predicted molar refractivity (Wildman–Crippen MR) is 58.3 cm³/mol. The second-order valence-electron chi connectivity index (χ2n) is 3.45. The number of unbranched alkanes of at least 4 members (excludes halogenated alkanes) is 2. The van der Waals surface area contributed by atoms with Gasteiger partial charge in [-0.3, -0.25) is 0 Å². The standard InChI is InChI=1S/C10H20N4O/c1-2-14-10(12-9-13-14)8-11-6-4-3-5-7-15/h9,11,15H,2-8H2,1H3. The molecule has 0 unspecified atom stereocenters. The van der Waals surface area contributed by atoms with Crippen molar-refractivity contribution in [3.63, 3.8) is 0 Å². The maximum absolute atomic E-state index is 8.60. The number of nitrogens with one attached hydrogen (secondary N) is 1. The van der Waals surface area contributed by atoms with E-state index in [1.165, 1.54) is 0 Å². The fourth-order valence-corrected chi connectivity index (χ4v) is 1.43. The van der Waals surface area contributed by atoms with Crippen molar-refractivity contribution in [1.29, 1.82) is 0 Å². The maximum Gasteiger partial charge on any atom is 0.140 e. The van der Waals surface area contributed by atoms with Crippen molar-refractivity contribution in [2.24, 2.45) is 0 Å². The number of hydrogen-bond acceptors (Lipinski definition) is 4. The molecule has 2 N–H and O–H groups in total. The first-order chi connectivity index (χ1) is 7.38. The van der Waals surface area contributed by atoms with Gasteiger partial charge in [0.05, 0.1) is 6.54 Å². The van der Waals surface area contributed by atoms with E-state index in [-0.39, 0.29) is 0 Å². The van der Waals surface area contributed by atoms with Gasteiger partial charge >= 0.3 is 0 Å². The summed E-state index contributed by atoms with van der Waals surface area (Å²) >= 11 is 0. The van der Waals surface area contributed by atoms with E-state index in [4.69, 9.17) is 5.11 Å². The van der Waals surface area contributed by atoms with Gasteiger partial charge < -0.3 is 10.4 Å². The number of aryl methyl sites for hydroxylation is 1. The van der Waals surface area contributed by atoms with Crippen LogP contribution in [0.2, 0.25) is 0 Å². The van der Waals surface area contributed by atoms with Crippen molar-refractivity contribution in [3.8, 4) is 0 Å². The van der Waals surface area contributed by atoms with E-state index in [1.807, 2.05) is 4.68 Å². The molecule has 0 radical (unpaired) electrons. The molecule has 1 rings (SSSR count). The Labute approximate surface area is 90.5 Å². The molecule has 0 aliphatic rings. The monoisotopic (exact) mass is 212 g/mol.